The maximum atomic E-state index is 13.5. The highest BCUT2D eigenvalue weighted by molar-refractivity contribution is 6.31. The number of nitrogens with one attached hydrogen (secondary N) is 1. The molecule has 4 aromatic rings. The molecule has 1 aliphatic heterocycles. The summed E-state index contributed by atoms with van der Waals surface area (Å²) in [4.78, 5) is 21.3. The van der Waals surface area contributed by atoms with Crippen molar-refractivity contribution in [2.45, 2.75) is 31.8 Å². The van der Waals surface area contributed by atoms with E-state index in [0.29, 0.717) is 39.9 Å². The molecule has 2 aromatic heterocycles. The smallest absolute Gasteiger partial charge is 0.295 e. The summed E-state index contributed by atoms with van der Waals surface area (Å²) < 4.78 is 5.82. The van der Waals surface area contributed by atoms with E-state index in [4.69, 9.17) is 16.0 Å². The lowest BCUT2D eigenvalue weighted by Crippen LogP contribution is -2.52. The molecule has 1 N–H and O–H groups in total. The number of rotatable bonds is 4. The first-order chi connectivity index (χ1) is 15.1. The molecule has 2 atom stereocenters. The van der Waals surface area contributed by atoms with Gasteiger partial charge in [0, 0.05) is 17.6 Å². The number of hydrogen-bond acceptors (Lipinski definition) is 6. The third-order valence-corrected chi connectivity index (χ3v) is 5.91. The number of anilines is 1. The minimum Gasteiger partial charge on any atom is -0.424 e. The van der Waals surface area contributed by atoms with Crippen LogP contribution in [0.25, 0.3) is 16.8 Å². The quantitative estimate of drug-likeness (QED) is 0.516. The van der Waals surface area contributed by atoms with Gasteiger partial charge in [0.1, 0.15) is 5.52 Å². The zero-order chi connectivity index (χ0) is 21.4. The molecule has 1 fully saturated rings. The number of amides is 1. The van der Waals surface area contributed by atoms with Gasteiger partial charge in [-0.15, -0.1) is 0 Å². The highest BCUT2D eigenvalue weighted by Gasteiger charge is 2.33. The number of hydrogen-bond donors (Lipinski definition) is 1. The number of para-hydroxylation sites is 1. The lowest BCUT2D eigenvalue weighted by molar-refractivity contribution is 0.0615. The van der Waals surface area contributed by atoms with Gasteiger partial charge in [0.05, 0.1) is 29.7 Å². The fraction of sp³-hybridized carbons (Fsp3) is 0.273. The predicted molar refractivity (Wildman–Crippen MR) is 118 cm³/mol. The van der Waals surface area contributed by atoms with E-state index in [1.165, 1.54) is 4.80 Å². The molecule has 5 rings (SSSR count). The molecular formula is C22H21ClN6O2. The fourth-order valence-electron chi connectivity index (χ4n) is 4.07. The first-order valence-corrected chi connectivity index (χ1v) is 10.6. The molecule has 0 unspecified atom stereocenters. The first-order valence-electron chi connectivity index (χ1n) is 10.2. The summed E-state index contributed by atoms with van der Waals surface area (Å²) >= 11 is 6.05. The van der Waals surface area contributed by atoms with Crippen molar-refractivity contribution in [1.82, 2.24) is 24.9 Å². The van der Waals surface area contributed by atoms with Crippen LogP contribution >= 0.6 is 11.6 Å². The molecule has 0 bridgehead atoms. The molecule has 1 aliphatic rings. The van der Waals surface area contributed by atoms with E-state index in [9.17, 15) is 4.79 Å². The number of benzene rings is 2. The maximum Gasteiger partial charge on any atom is 0.295 e. The predicted octanol–water partition coefficient (Wildman–Crippen LogP) is 4.17. The van der Waals surface area contributed by atoms with Crippen LogP contribution in [0.5, 0.6) is 0 Å². The summed E-state index contributed by atoms with van der Waals surface area (Å²) in [6.45, 7) is 2.73. The second-order valence-corrected chi connectivity index (χ2v) is 8.04. The van der Waals surface area contributed by atoms with Gasteiger partial charge in [-0.25, -0.2) is 0 Å². The van der Waals surface area contributed by atoms with Gasteiger partial charge in [-0.3, -0.25) is 4.79 Å². The Morgan fingerprint density at radius 2 is 2.00 bits per heavy atom. The molecule has 0 saturated carbocycles. The van der Waals surface area contributed by atoms with Crippen LogP contribution in [0.4, 0.5) is 6.01 Å². The topological polar surface area (TPSA) is 89.1 Å². The van der Waals surface area contributed by atoms with Gasteiger partial charge in [0.25, 0.3) is 11.9 Å². The van der Waals surface area contributed by atoms with Crippen LogP contribution in [0.2, 0.25) is 5.02 Å². The Labute approximate surface area is 183 Å². The summed E-state index contributed by atoms with van der Waals surface area (Å²) in [5.74, 6) is -0.0451. The largest absolute Gasteiger partial charge is 0.424 e. The van der Waals surface area contributed by atoms with Crippen LogP contribution in [0.15, 0.2) is 59.3 Å². The van der Waals surface area contributed by atoms with E-state index in [-0.39, 0.29) is 18.0 Å². The molecule has 1 amide bonds. The van der Waals surface area contributed by atoms with Crippen molar-refractivity contribution in [2.24, 2.45) is 0 Å². The van der Waals surface area contributed by atoms with Crippen molar-refractivity contribution in [2.75, 3.05) is 11.9 Å². The Kier molecular flexibility index (Phi) is 5.07. The second kappa shape index (κ2) is 8.03. The van der Waals surface area contributed by atoms with Gasteiger partial charge in [-0.1, -0.05) is 23.7 Å². The molecule has 0 spiro atoms. The average Bonchev–Trinajstić information content (AvgIpc) is 3.44. The number of aromatic nitrogens is 4. The van der Waals surface area contributed by atoms with E-state index in [1.54, 1.807) is 30.6 Å². The number of carbonyl (C=O) groups is 1. The number of nitrogens with zero attached hydrogens (tertiary/aromatic N) is 5. The van der Waals surface area contributed by atoms with Crippen molar-refractivity contribution in [1.29, 1.82) is 0 Å². The molecule has 158 valence electrons. The lowest BCUT2D eigenvalue weighted by Gasteiger charge is -2.39. The van der Waals surface area contributed by atoms with Gasteiger partial charge >= 0.3 is 0 Å². The van der Waals surface area contributed by atoms with Crippen LogP contribution in [-0.4, -0.2) is 49.4 Å². The van der Waals surface area contributed by atoms with Crippen molar-refractivity contribution in [3.05, 3.63) is 65.4 Å². The highest BCUT2D eigenvalue weighted by Crippen LogP contribution is 2.27. The maximum absolute atomic E-state index is 13.5. The van der Waals surface area contributed by atoms with E-state index in [1.807, 2.05) is 36.1 Å². The molecule has 0 radical (unpaired) electrons. The summed E-state index contributed by atoms with van der Waals surface area (Å²) in [6, 6.07) is 13.1. The van der Waals surface area contributed by atoms with Gasteiger partial charge in [-0.05, 0) is 50.1 Å². The first kappa shape index (κ1) is 19.6. The van der Waals surface area contributed by atoms with Gasteiger partial charge in [-0.2, -0.15) is 20.0 Å². The van der Waals surface area contributed by atoms with Crippen LogP contribution < -0.4 is 5.32 Å². The second-order valence-electron chi connectivity index (χ2n) is 7.60. The molecular weight excluding hydrogens is 416 g/mol. The molecule has 8 nitrogen and oxygen atoms in total. The molecule has 0 aliphatic carbocycles. The van der Waals surface area contributed by atoms with Crippen LogP contribution in [0.3, 0.4) is 0 Å². The molecule has 2 aromatic carbocycles. The van der Waals surface area contributed by atoms with E-state index < -0.39 is 0 Å². The van der Waals surface area contributed by atoms with Gasteiger partial charge in [0.15, 0.2) is 5.58 Å². The van der Waals surface area contributed by atoms with Gasteiger partial charge < -0.3 is 14.6 Å². The SMILES string of the molecule is C[C@@H]1[C@H](Nc2nc3cc(Cl)ccc3o2)CCCN1C(=O)c1ccccc1-n1nccn1. The van der Waals surface area contributed by atoms with E-state index >= 15 is 0 Å². The Morgan fingerprint density at radius 3 is 2.84 bits per heavy atom. The Morgan fingerprint density at radius 1 is 1.19 bits per heavy atom. The normalized spacial score (nSPS) is 19.0. The van der Waals surface area contributed by atoms with Crippen LogP contribution in [-0.2, 0) is 0 Å². The van der Waals surface area contributed by atoms with E-state index in [2.05, 4.69) is 20.5 Å². The third-order valence-electron chi connectivity index (χ3n) is 5.68. The average molecular weight is 437 g/mol. The summed E-state index contributed by atoms with van der Waals surface area (Å²) in [5.41, 5.74) is 2.61. The molecule has 3 heterocycles. The Bertz CT molecular complexity index is 1220. The van der Waals surface area contributed by atoms with Crippen molar-refractivity contribution >= 4 is 34.6 Å². The Hall–Kier alpha value is -3.39. The molecule has 1 saturated heterocycles. The number of oxazole rings is 1. The zero-order valence-corrected chi connectivity index (χ0v) is 17.7. The number of piperidine rings is 1. The zero-order valence-electron chi connectivity index (χ0n) is 16.9. The van der Waals surface area contributed by atoms with E-state index in [0.717, 1.165) is 12.8 Å². The minimum atomic E-state index is -0.0570. The number of fused-ring (bicyclic) bond motifs is 1. The summed E-state index contributed by atoms with van der Waals surface area (Å²) in [5, 5.41) is 12.4. The van der Waals surface area contributed by atoms with Gasteiger partial charge in [0.2, 0.25) is 0 Å². The third kappa shape index (κ3) is 3.74. The summed E-state index contributed by atoms with van der Waals surface area (Å²) in [7, 11) is 0. The molecule has 31 heavy (non-hydrogen) atoms. The van der Waals surface area contributed by atoms with Crippen LogP contribution in [0.1, 0.15) is 30.1 Å². The van der Waals surface area contributed by atoms with Crippen LogP contribution in [0, 0.1) is 0 Å². The summed E-state index contributed by atoms with van der Waals surface area (Å²) in [6.07, 6.45) is 4.98. The van der Waals surface area contributed by atoms with Crippen molar-refractivity contribution in [3.8, 4) is 5.69 Å². The number of halogens is 1. The van der Waals surface area contributed by atoms with Crippen molar-refractivity contribution < 1.29 is 9.21 Å². The Balaban J connectivity index is 1.38. The monoisotopic (exact) mass is 436 g/mol. The lowest BCUT2D eigenvalue weighted by atomic mass is 9.96. The number of likely N-dealkylation sites (tertiary alicyclic amines) is 1. The minimum absolute atomic E-state index is 0.0104. The number of carbonyl (C=O) groups excluding carboxylic acids is 1. The fourth-order valence-corrected chi connectivity index (χ4v) is 4.23. The highest BCUT2D eigenvalue weighted by atomic mass is 35.5. The molecule has 9 heteroatoms. The standard InChI is InChI=1S/C22H21ClN6O2/c1-14-17(26-22-27-18-13-15(23)8-9-20(18)31-22)6-4-12-28(14)21(30)16-5-2-3-7-19(16)29-24-10-11-25-29/h2-3,5,7-11,13-14,17H,4,6,12H2,1H3,(H,26,27)/t14-,17-/m1/s1. The van der Waals surface area contributed by atoms with Crippen molar-refractivity contribution in [3.63, 3.8) is 0 Å².